The molecule has 0 fully saturated rings. The fourth-order valence-electron chi connectivity index (χ4n) is 0.882. The molecule has 0 saturated carbocycles. The molecule has 0 saturated heterocycles. The summed E-state index contributed by atoms with van der Waals surface area (Å²) in [5.74, 6) is 1.06. The van der Waals surface area contributed by atoms with E-state index in [4.69, 9.17) is 16.3 Å². The Labute approximate surface area is 80.8 Å². The maximum Gasteiger partial charge on any atom is 0.335 e. The third-order valence-corrected chi connectivity index (χ3v) is 1.52. The summed E-state index contributed by atoms with van der Waals surface area (Å²) in [6.07, 6.45) is 4.95. The molecule has 1 aromatic rings. The van der Waals surface area contributed by atoms with Crippen molar-refractivity contribution in [3.63, 3.8) is 0 Å². The van der Waals surface area contributed by atoms with Crippen LogP contribution in [0.2, 0.25) is 0 Å². The molecule has 0 amide bonds. The van der Waals surface area contributed by atoms with Gasteiger partial charge in [-0.25, -0.2) is 4.79 Å². The maximum absolute atomic E-state index is 10.6. The fraction of sp³-hybridized carbons (Fsp3) is 0.100. The predicted octanol–water partition coefficient (Wildman–Crippen LogP) is 1.10. The van der Waals surface area contributed by atoms with E-state index in [9.17, 15) is 9.90 Å². The predicted molar refractivity (Wildman–Crippen MR) is 49.4 cm³/mol. The Bertz CT molecular complexity index is 390. The first kappa shape index (κ1) is 9.93. The van der Waals surface area contributed by atoms with Crippen LogP contribution in [0, 0.1) is 12.3 Å². The number of terminal acetylenes is 1. The summed E-state index contributed by atoms with van der Waals surface area (Å²) in [4.78, 5) is 10.6. The average molecular weight is 192 g/mol. The highest BCUT2D eigenvalue weighted by atomic mass is 16.5. The van der Waals surface area contributed by atoms with Crippen LogP contribution in [-0.4, -0.2) is 22.8 Å². The molecular formula is C10H8O4. The van der Waals surface area contributed by atoms with E-state index in [-0.39, 0.29) is 23.7 Å². The van der Waals surface area contributed by atoms with Gasteiger partial charge in [-0.2, -0.15) is 0 Å². The van der Waals surface area contributed by atoms with Crippen LogP contribution in [0.1, 0.15) is 10.4 Å². The van der Waals surface area contributed by atoms with Crippen LogP contribution in [0.15, 0.2) is 18.2 Å². The van der Waals surface area contributed by atoms with E-state index in [0.717, 1.165) is 0 Å². The lowest BCUT2D eigenvalue weighted by Crippen LogP contribution is -1.99. The molecule has 0 spiro atoms. The molecule has 0 bridgehead atoms. The first-order valence-corrected chi connectivity index (χ1v) is 3.77. The number of phenols is 1. The second kappa shape index (κ2) is 4.19. The number of ether oxygens (including phenoxy) is 1. The Balaban J connectivity index is 2.97. The number of benzene rings is 1. The first-order chi connectivity index (χ1) is 6.65. The zero-order valence-corrected chi connectivity index (χ0v) is 7.23. The second-order valence-electron chi connectivity index (χ2n) is 2.48. The van der Waals surface area contributed by atoms with Crippen molar-refractivity contribution >= 4 is 5.97 Å². The number of carboxylic acid groups (broad SMARTS) is 1. The van der Waals surface area contributed by atoms with Gasteiger partial charge in [0.05, 0.1) is 5.56 Å². The molecule has 72 valence electrons. The third-order valence-electron chi connectivity index (χ3n) is 1.52. The highest BCUT2D eigenvalue weighted by molar-refractivity contribution is 5.88. The van der Waals surface area contributed by atoms with E-state index in [1.807, 2.05) is 0 Å². The summed E-state index contributed by atoms with van der Waals surface area (Å²) >= 11 is 0. The van der Waals surface area contributed by atoms with E-state index < -0.39 is 5.97 Å². The lowest BCUT2D eigenvalue weighted by Gasteiger charge is -2.05. The number of aromatic hydroxyl groups is 1. The van der Waals surface area contributed by atoms with Gasteiger partial charge in [-0.1, -0.05) is 5.92 Å². The molecule has 0 unspecified atom stereocenters. The van der Waals surface area contributed by atoms with Crippen molar-refractivity contribution in [2.75, 3.05) is 6.61 Å². The number of carboxylic acids is 1. The Kier molecular flexibility index (Phi) is 2.97. The van der Waals surface area contributed by atoms with E-state index >= 15 is 0 Å². The largest absolute Gasteiger partial charge is 0.504 e. The summed E-state index contributed by atoms with van der Waals surface area (Å²) in [6, 6.07) is 3.74. The van der Waals surface area contributed by atoms with Gasteiger partial charge in [-0.15, -0.1) is 6.42 Å². The molecule has 0 radical (unpaired) electrons. The van der Waals surface area contributed by atoms with Crippen molar-refractivity contribution < 1.29 is 19.7 Å². The van der Waals surface area contributed by atoms with Crippen LogP contribution < -0.4 is 4.74 Å². The van der Waals surface area contributed by atoms with E-state index in [1.54, 1.807) is 0 Å². The van der Waals surface area contributed by atoms with Gasteiger partial charge in [0.2, 0.25) is 0 Å². The minimum Gasteiger partial charge on any atom is -0.504 e. The number of aromatic carboxylic acids is 1. The van der Waals surface area contributed by atoms with Crippen LogP contribution in [0.5, 0.6) is 11.5 Å². The van der Waals surface area contributed by atoms with Crippen LogP contribution in [-0.2, 0) is 0 Å². The quantitative estimate of drug-likeness (QED) is 0.704. The van der Waals surface area contributed by atoms with E-state index in [0.29, 0.717) is 0 Å². The molecule has 4 nitrogen and oxygen atoms in total. The minimum atomic E-state index is -1.09. The maximum atomic E-state index is 10.6. The van der Waals surface area contributed by atoms with Gasteiger partial charge in [0.25, 0.3) is 0 Å². The number of hydrogen-bond donors (Lipinski definition) is 2. The van der Waals surface area contributed by atoms with Gasteiger partial charge in [0.15, 0.2) is 11.5 Å². The normalized spacial score (nSPS) is 9.07. The molecule has 1 rings (SSSR count). The molecule has 0 aromatic heterocycles. The topological polar surface area (TPSA) is 66.8 Å². The summed E-state index contributed by atoms with van der Waals surface area (Å²) in [5, 5.41) is 17.9. The van der Waals surface area contributed by atoms with Crippen molar-refractivity contribution in [2.45, 2.75) is 0 Å². The van der Waals surface area contributed by atoms with Crippen LogP contribution >= 0.6 is 0 Å². The summed E-state index contributed by atoms with van der Waals surface area (Å²) in [6.45, 7) is -0.0172. The summed E-state index contributed by atoms with van der Waals surface area (Å²) < 4.78 is 4.93. The van der Waals surface area contributed by atoms with Gasteiger partial charge in [-0.3, -0.25) is 0 Å². The molecule has 4 heteroatoms. The van der Waals surface area contributed by atoms with Crippen LogP contribution in [0.4, 0.5) is 0 Å². The molecule has 1 aromatic carbocycles. The van der Waals surface area contributed by atoms with Gasteiger partial charge in [-0.05, 0) is 18.2 Å². The fourth-order valence-corrected chi connectivity index (χ4v) is 0.882. The first-order valence-electron chi connectivity index (χ1n) is 3.77. The SMILES string of the molecule is C#CCOc1cc(C(=O)O)ccc1O. The Morgan fingerprint density at radius 3 is 2.86 bits per heavy atom. The number of hydrogen-bond acceptors (Lipinski definition) is 3. The summed E-state index contributed by atoms with van der Waals surface area (Å²) in [5.41, 5.74) is 0.0369. The minimum absolute atomic E-state index is 0.0172. The smallest absolute Gasteiger partial charge is 0.335 e. The van der Waals surface area contributed by atoms with Gasteiger partial charge < -0.3 is 14.9 Å². The average Bonchev–Trinajstić information content (AvgIpc) is 2.16. The van der Waals surface area contributed by atoms with Crippen molar-refractivity contribution in [1.82, 2.24) is 0 Å². The van der Waals surface area contributed by atoms with Crippen molar-refractivity contribution in [3.8, 4) is 23.8 Å². The second-order valence-corrected chi connectivity index (χ2v) is 2.48. The molecule has 0 atom stereocenters. The molecule has 0 aliphatic rings. The number of rotatable bonds is 3. The number of phenolic OH excluding ortho intramolecular Hbond substituents is 1. The van der Waals surface area contributed by atoms with Crippen molar-refractivity contribution in [3.05, 3.63) is 23.8 Å². The molecule has 0 aliphatic heterocycles. The number of carbonyl (C=O) groups is 1. The van der Waals surface area contributed by atoms with Crippen LogP contribution in [0.3, 0.4) is 0 Å². The molecule has 0 heterocycles. The van der Waals surface area contributed by atoms with Gasteiger partial charge in [0, 0.05) is 0 Å². The van der Waals surface area contributed by atoms with E-state index in [1.165, 1.54) is 18.2 Å². The Hall–Kier alpha value is -2.15. The lowest BCUT2D eigenvalue weighted by molar-refractivity contribution is 0.0696. The Morgan fingerprint density at radius 1 is 1.57 bits per heavy atom. The molecule has 2 N–H and O–H groups in total. The van der Waals surface area contributed by atoms with Crippen molar-refractivity contribution in [1.29, 1.82) is 0 Å². The third kappa shape index (κ3) is 2.17. The van der Waals surface area contributed by atoms with Crippen LogP contribution in [0.25, 0.3) is 0 Å². The molecular weight excluding hydrogens is 184 g/mol. The zero-order chi connectivity index (χ0) is 10.6. The van der Waals surface area contributed by atoms with Gasteiger partial charge >= 0.3 is 5.97 Å². The van der Waals surface area contributed by atoms with E-state index in [2.05, 4.69) is 5.92 Å². The van der Waals surface area contributed by atoms with Crippen molar-refractivity contribution in [2.24, 2.45) is 0 Å². The standard InChI is InChI=1S/C10H8O4/c1-2-5-14-9-6-7(10(12)13)3-4-8(9)11/h1,3-4,6,11H,5H2,(H,12,13). The molecule has 14 heavy (non-hydrogen) atoms. The lowest BCUT2D eigenvalue weighted by atomic mass is 10.2. The Morgan fingerprint density at radius 2 is 2.29 bits per heavy atom. The summed E-state index contributed by atoms with van der Waals surface area (Å²) in [7, 11) is 0. The monoisotopic (exact) mass is 192 g/mol. The highest BCUT2D eigenvalue weighted by Crippen LogP contribution is 2.26. The van der Waals surface area contributed by atoms with Gasteiger partial charge in [0.1, 0.15) is 6.61 Å². The molecule has 0 aliphatic carbocycles. The highest BCUT2D eigenvalue weighted by Gasteiger charge is 2.07. The zero-order valence-electron chi connectivity index (χ0n) is 7.23.